The van der Waals surface area contributed by atoms with E-state index in [1.54, 1.807) is 48.5 Å². The Morgan fingerprint density at radius 1 is 0.718 bits per heavy atom. The van der Waals surface area contributed by atoms with Gasteiger partial charge in [-0.05, 0) is 23.5 Å². The lowest BCUT2D eigenvalue weighted by atomic mass is 9.99. The Morgan fingerprint density at radius 3 is 1.90 bits per heavy atom. The SMILES string of the molecule is COC(=O)[C@@H](Cc1ccc(C(=O)c2ccccc2)cc1)NC(=O)[C@H](CC(C)C)NC(=O)OCc1ccccc1. The Labute approximate surface area is 228 Å². The van der Waals surface area contributed by atoms with Crippen LogP contribution in [-0.2, 0) is 32.1 Å². The number of nitrogens with one attached hydrogen (secondary N) is 2. The van der Waals surface area contributed by atoms with E-state index in [1.165, 1.54) is 7.11 Å². The Balaban J connectivity index is 1.65. The molecule has 0 saturated heterocycles. The molecule has 0 unspecified atom stereocenters. The fourth-order valence-corrected chi connectivity index (χ4v) is 4.00. The molecule has 0 fully saturated rings. The van der Waals surface area contributed by atoms with E-state index in [9.17, 15) is 19.2 Å². The van der Waals surface area contributed by atoms with Crippen LogP contribution in [-0.4, -0.2) is 42.9 Å². The quantitative estimate of drug-likeness (QED) is 0.264. The van der Waals surface area contributed by atoms with Crippen molar-refractivity contribution in [2.45, 2.75) is 45.4 Å². The van der Waals surface area contributed by atoms with Gasteiger partial charge in [0.2, 0.25) is 5.91 Å². The van der Waals surface area contributed by atoms with Crippen LogP contribution in [0.15, 0.2) is 84.9 Å². The highest BCUT2D eigenvalue weighted by atomic mass is 16.5. The number of ketones is 1. The Kier molecular flexibility index (Phi) is 10.8. The van der Waals surface area contributed by atoms with Gasteiger partial charge in [0.25, 0.3) is 0 Å². The highest BCUT2D eigenvalue weighted by Gasteiger charge is 2.28. The van der Waals surface area contributed by atoms with Gasteiger partial charge in [-0.3, -0.25) is 9.59 Å². The van der Waals surface area contributed by atoms with Gasteiger partial charge in [0, 0.05) is 17.5 Å². The Bertz CT molecular complexity index is 1240. The van der Waals surface area contributed by atoms with E-state index in [0.29, 0.717) is 17.5 Å². The number of amides is 2. The average Bonchev–Trinajstić information content (AvgIpc) is 2.95. The Hall–Kier alpha value is -4.46. The number of hydrogen-bond acceptors (Lipinski definition) is 6. The van der Waals surface area contributed by atoms with Crippen molar-refractivity contribution < 1.29 is 28.7 Å². The number of rotatable bonds is 12. The second-order valence-electron chi connectivity index (χ2n) is 9.57. The van der Waals surface area contributed by atoms with Crippen LogP contribution < -0.4 is 10.6 Å². The fourth-order valence-electron chi connectivity index (χ4n) is 4.00. The zero-order valence-corrected chi connectivity index (χ0v) is 22.4. The first-order valence-electron chi connectivity index (χ1n) is 12.8. The third-order valence-corrected chi connectivity index (χ3v) is 6.02. The number of ether oxygens (including phenoxy) is 2. The number of methoxy groups -OCH3 is 1. The first-order chi connectivity index (χ1) is 18.8. The van der Waals surface area contributed by atoms with E-state index in [1.807, 2.05) is 50.2 Å². The number of hydrogen-bond donors (Lipinski definition) is 2. The number of esters is 1. The molecule has 8 heteroatoms. The molecule has 204 valence electrons. The zero-order chi connectivity index (χ0) is 28.2. The third kappa shape index (κ3) is 9.10. The van der Waals surface area contributed by atoms with E-state index < -0.39 is 30.1 Å². The number of carbonyl (C=O) groups is 4. The molecule has 0 aliphatic rings. The van der Waals surface area contributed by atoms with Crippen LogP contribution in [0.3, 0.4) is 0 Å². The first kappa shape index (κ1) is 29.1. The summed E-state index contributed by atoms with van der Waals surface area (Å²) in [5, 5.41) is 5.33. The van der Waals surface area contributed by atoms with E-state index in [4.69, 9.17) is 9.47 Å². The third-order valence-electron chi connectivity index (χ3n) is 6.02. The molecule has 8 nitrogen and oxygen atoms in total. The van der Waals surface area contributed by atoms with Gasteiger partial charge < -0.3 is 20.1 Å². The topological polar surface area (TPSA) is 111 Å². The van der Waals surface area contributed by atoms with Crippen molar-refractivity contribution in [3.05, 3.63) is 107 Å². The Morgan fingerprint density at radius 2 is 1.31 bits per heavy atom. The molecule has 0 saturated carbocycles. The summed E-state index contributed by atoms with van der Waals surface area (Å²) in [4.78, 5) is 50.8. The van der Waals surface area contributed by atoms with Crippen molar-refractivity contribution in [1.82, 2.24) is 10.6 Å². The van der Waals surface area contributed by atoms with Gasteiger partial charge in [-0.15, -0.1) is 0 Å². The van der Waals surface area contributed by atoms with Gasteiger partial charge >= 0.3 is 12.1 Å². The van der Waals surface area contributed by atoms with Crippen LogP contribution in [0.5, 0.6) is 0 Å². The van der Waals surface area contributed by atoms with Gasteiger partial charge in [0.15, 0.2) is 5.78 Å². The van der Waals surface area contributed by atoms with Crippen LogP contribution in [0, 0.1) is 5.92 Å². The molecule has 0 aromatic heterocycles. The standard InChI is InChI=1S/C31H34N2O6/c1-21(2)18-26(33-31(37)39-20-23-10-6-4-7-11-23)29(35)32-27(30(36)38-3)19-22-14-16-25(17-15-22)28(34)24-12-8-5-9-13-24/h4-17,21,26-27H,18-20H2,1-3H3,(H,32,35)(H,33,37)/t26-,27+/m0/s1. The van der Waals surface area contributed by atoms with Gasteiger partial charge in [0.05, 0.1) is 7.11 Å². The minimum atomic E-state index is -0.991. The normalized spacial score (nSPS) is 12.2. The molecule has 0 radical (unpaired) electrons. The largest absolute Gasteiger partial charge is 0.467 e. The smallest absolute Gasteiger partial charge is 0.408 e. The van der Waals surface area contributed by atoms with Gasteiger partial charge in [-0.2, -0.15) is 0 Å². The second-order valence-corrected chi connectivity index (χ2v) is 9.57. The molecule has 3 rings (SSSR count). The molecule has 0 spiro atoms. The summed E-state index contributed by atoms with van der Waals surface area (Å²) in [7, 11) is 1.24. The summed E-state index contributed by atoms with van der Waals surface area (Å²) >= 11 is 0. The van der Waals surface area contributed by atoms with Crippen LogP contribution in [0.25, 0.3) is 0 Å². The average molecular weight is 531 g/mol. The lowest BCUT2D eigenvalue weighted by Crippen LogP contribution is -2.53. The summed E-state index contributed by atoms with van der Waals surface area (Å²) in [6.07, 6.45) is -0.241. The lowest BCUT2D eigenvalue weighted by molar-refractivity contribution is -0.145. The summed E-state index contributed by atoms with van der Waals surface area (Å²) in [6.45, 7) is 3.91. The lowest BCUT2D eigenvalue weighted by Gasteiger charge is -2.23. The molecule has 39 heavy (non-hydrogen) atoms. The molecule has 2 N–H and O–H groups in total. The first-order valence-corrected chi connectivity index (χ1v) is 12.8. The summed E-state index contributed by atoms with van der Waals surface area (Å²) in [5.41, 5.74) is 2.64. The minimum absolute atomic E-state index is 0.0657. The molecule has 2 amide bonds. The number of alkyl carbamates (subject to hydrolysis) is 1. The number of carbonyl (C=O) groups excluding carboxylic acids is 4. The monoisotopic (exact) mass is 530 g/mol. The summed E-state index contributed by atoms with van der Waals surface area (Å²) in [6, 6.07) is 23.1. The van der Waals surface area contributed by atoms with Crippen LogP contribution in [0.2, 0.25) is 0 Å². The highest BCUT2D eigenvalue weighted by Crippen LogP contribution is 2.14. The molecular formula is C31H34N2O6. The van der Waals surface area contributed by atoms with Crippen molar-refractivity contribution in [3.8, 4) is 0 Å². The molecule has 0 bridgehead atoms. The maximum atomic E-state index is 13.2. The van der Waals surface area contributed by atoms with Crippen molar-refractivity contribution in [3.63, 3.8) is 0 Å². The molecular weight excluding hydrogens is 496 g/mol. The zero-order valence-electron chi connectivity index (χ0n) is 22.4. The highest BCUT2D eigenvalue weighted by molar-refractivity contribution is 6.08. The minimum Gasteiger partial charge on any atom is -0.467 e. The van der Waals surface area contributed by atoms with E-state index in [2.05, 4.69) is 10.6 Å². The maximum absolute atomic E-state index is 13.2. The summed E-state index contributed by atoms with van der Waals surface area (Å²) in [5.74, 6) is -1.17. The van der Waals surface area contributed by atoms with E-state index >= 15 is 0 Å². The van der Waals surface area contributed by atoms with Gasteiger partial charge in [-0.25, -0.2) is 9.59 Å². The van der Waals surface area contributed by atoms with E-state index in [-0.39, 0.29) is 24.7 Å². The van der Waals surface area contributed by atoms with Crippen LogP contribution in [0.1, 0.15) is 47.3 Å². The molecule has 3 aromatic rings. The maximum Gasteiger partial charge on any atom is 0.408 e. The predicted octanol–water partition coefficient (Wildman–Crippen LogP) is 4.46. The molecule has 0 aliphatic heterocycles. The molecule has 0 heterocycles. The van der Waals surface area contributed by atoms with Gasteiger partial charge in [-0.1, -0.05) is 98.8 Å². The fraction of sp³-hybridized carbons (Fsp3) is 0.290. The van der Waals surface area contributed by atoms with Crippen LogP contribution in [0.4, 0.5) is 4.79 Å². The van der Waals surface area contributed by atoms with Gasteiger partial charge in [0.1, 0.15) is 18.7 Å². The van der Waals surface area contributed by atoms with Crippen molar-refractivity contribution in [2.75, 3.05) is 7.11 Å². The second kappa shape index (κ2) is 14.5. The van der Waals surface area contributed by atoms with E-state index in [0.717, 1.165) is 11.1 Å². The molecule has 0 aliphatic carbocycles. The van der Waals surface area contributed by atoms with Crippen molar-refractivity contribution in [2.24, 2.45) is 5.92 Å². The molecule has 3 aromatic carbocycles. The van der Waals surface area contributed by atoms with Crippen molar-refractivity contribution >= 4 is 23.8 Å². The molecule has 2 atom stereocenters. The summed E-state index contributed by atoms with van der Waals surface area (Å²) < 4.78 is 10.2. The van der Waals surface area contributed by atoms with Crippen LogP contribution >= 0.6 is 0 Å². The number of benzene rings is 3. The van der Waals surface area contributed by atoms with Crippen molar-refractivity contribution in [1.29, 1.82) is 0 Å². The predicted molar refractivity (Wildman–Crippen MR) is 147 cm³/mol.